The van der Waals surface area contributed by atoms with Gasteiger partial charge in [-0.1, -0.05) is 6.92 Å². The van der Waals surface area contributed by atoms with Gasteiger partial charge in [0.25, 0.3) is 0 Å². The fourth-order valence-corrected chi connectivity index (χ4v) is 2.00. The maximum atomic E-state index is 5.38. The van der Waals surface area contributed by atoms with Crippen molar-refractivity contribution < 1.29 is 4.42 Å². The average molecular weight is 274 g/mol. The highest BCUT2D eigenvalue weighted by Crippen LogP contribution is 2.18. The molecule has 0 amide bonds. The van der Waals surface area contributed by atoms with Gasteiger partial charge >= 0.3 is 0 Å². The van der Waals surface area contributed by atoms with Crippen LogP contribution in [-0.2, 0) is 13.0 Å². The minimum absolute atomic E-state index is 0.696. The number of aryl methyl sites for hydroxylation is 1. The molecule has 108 valence electrons. The van der Waals surface area contributed by atoms with Crippen molar-refractivity contribution in [3.05, 3.63) is 36.0 Å². The first-order valence-corrected chi connectivity index (χ1v) is 7.08. The highest BCUT2D eigenvalue weighted by Gasteiger charge is 2.09. The Hall–Kier alpha value is -2.04. The van der Waals surface area contributed by atoms with Crippen LogP contribution in [0.5, 0.6) is 0 Å². The summed E-state index contributed by atoms with van der Waals surface area (Å²) in [5.41, 5.74) is 0. The van der Waals surface area contributed by atoms with Crippen molar-refractivity contribution in [3.63, 3.8) is 0 Å². The van der Waals surface area contributed by atoms with Crippen LogP contribution in [0, 0.1) is 0 Å². The van der Waals surface area contributed by atoms with Crippen LogP contribution in [-0.4, -0.2) is 23.6 Å². The fraction of sp³-hybridized carbons (Fsp3) is 0.467. The van der Waals surface area contributed by atoms with E-state index in [9.17, 15) is 0 Å². The summed E-state index contributed by atoms with van der Waals surface area (Å²) in [6.07, 6.45) is 3.62. The summed E-state index contributed by atoms with van der Waals surface area (Å²) in [6.45, 7) is 5.74. The van der Waals surface area contributed by atoms with E-state index in [1.54, 1.807) is 6.26 Å². The van der Waals surface area contributed by atoms with E-state index in [4.69, 9.17) is 4.42 Å². The Morgan fingerprint density at radius 2 is 2.15 bits per heavy atom. The molecule has 0 saturated carbocycles. The highest BCUT2D eigenvalue weighted by atomic mass is 16.3. The molecule has 0 aliphatic carbocycles. The lowest BCUT2D eigenvalue weighted by molar-refractivity contribution is 0.506. The first-order chi connectivity index (χ1) is 9.72. The molecule has 0 aliphatic rings. The van der Waals surface area contributed by atoms with Crippen molar-refractivity contribution in [2.45, 2.75) is 33.2 Å². The monoisotopic (exact) mass is 274 g/mol. The summed E-state index contributed by atoms with van der Waals surface area (Å²) in [5.74, 6) is 3.60. The van der Waals surface area contributed by atoms with E-state index in [-0.39, 0.29) is 0 Å². The van der Waals surface area contributed by atoms with Crippen LogP contribution < -0.4 is 10.2 Å². The van der Waals surface area contributed by atoms with Gasteiger partial charge in [-0.2, -0.15) is 0 Å². The van der Waals surface area contributed by atoms with Crippen molar-refractivity contribution >= 4 is 11.6 Å². The largest absolute Gasteiger partial charge is 0.467 e. The topological polar surface area (TPSA) is 54.2 Å². The number of furan rings is 1. The first kappa shape index (κ1) is 14.4. The van der Waals surface area contributed by atoms with Gasteiger partial charge in [0.2, 0.25) is 0 Å². The lowest BCUT2D eigenvalue weighted by Crippen LogP contribution is -2.19. The van der Waals surface area contributed by atoms with Gasteiger partial charge in [-0.25, -0.2) is 9.97 Å². The molecular weight excluding hydrogens is 252 g/mol. The molecule has 2 heterocycles. The average Bonchev–Trinajstić information content (AvgIpc) is 2.92. The predicted octanol–water partition coefficient (Wildman–Crippen LogP) is 3.09. The SMILES string of the molecule is CCCc1nc(NCC)cc(N(C)Cc2ccco2)n1. The molecule has 0 aromatic carbocycles. The van der Waals surface area contributed by atoms with Crippen LogP contribution in [0.4, 0.5) is 11.6 Å². The molecule has 2 aromatic heterocycles. The standard InChI is InChI=1S/C15H22N4O/c1-4-7-13-17-14(16-5-2)10-15(18-13)19(3)11-12-8-6-9-20-12/h6,8-10H,4-5,7,11H2,1-3H3,(H,16,17,18). The third-order valence-corrected chi connectivity index (χ3v) is 2.95. The zero-order chi connectivity index (χ0) is 14.4. The maximum Gasteiger partial charge on any atom is 0.134 e. The second-order valence-electron chi connectivity index (χ2n) is 4.74. The van der Waals surface area contributed by atoms with Crippen molar-refractivity contribution in [3.8, 4) is 0 Å². The van der Waals surface area contributed by atoms with Crippen LogP contribution in [0.15, 0.2) is 28.9 Å². The van der Waals surface area contributed by atoms with E-state index in [2.05, 4.69) is 34.0 Å². The summed E-state index contributed by atoms with van der Waals surface area (Å²) in [4.78, 5) is 11.2. The minimum Gasteiger partial charge on any atom is -0.467 e. The Bertz CT molecular complexity index is 500. The summed E-state index contributed by atoms with van der Waals surface area (Å²) in [5, 5.41) is 3.26. The molecule has 0 saturated heterocycles. The van der Waals surface area contributed by atoms with Crippen molar-refractivity contribution in [1.29, 1.82) is 0 Å². The fourth-order valence-electron chi connectivity index (χ4n) is 2.00. The van der Waals surface area contributed by atoms with Crippen molar-refractivity contribution in [2.24, 2.45) is 0 Å². The molecular formula is C15H22N4O. The number of hydrogen-bond acceptors (Lipinski definition) is 5. The number of nitrogens with one attached hydrogen (secondary N) is 1. The van der Waals surface area contributed by atoms with Gasteiger partial charge in [-0.15, -0.1) is 0 Å². The van der Waals surface area contributed by atoms with Crippen molar-refractivity contribution in [1.82, 2.24) is 9.97 Å². The molecule has 5 heteroatoms. The molecule has 2 rings (SSSR count). The van der Waals surface area contributed by atoms with E-state index in [0.29, 0.717) is 6.54 Å². The van der Waals surface area contributed by atoms with Gasteiger partial charge in [-0.05, 0) is 25.5 Å². The number of aromatic nitrogens is 2. The summed E-state index contributed by atoms with van der Waals surface area (Å²) < 4.78 is 5.38. The number of hydrogen-bond donors (Lipinski definition) is 1. The number of nitrogens with zero attached hydrogens (tertiary/aromatic N) is 3. The third-order valence-electron chi connectivity index (χ3n) is 2.95. The van der Waals surface area contributed by atoms with Gasteiger partial charge < -0.3 is 14.6 Å². The molecule has 0 fully saturated rings. The molecule has 20 heavy (non-hydrogen) atoms. The zero-order valence-electron chi connectivity index (χ0n) is 12.4. The highest BCUT2D eigenvalue weighted by molar-refractivity contribution is 5.49. The van der Waals surface area contributed by atoms with E-state index >= 15 is 0 Å². The van der Waals surface area contributed by atoms with Crippen LogP contribution in [0.25, 0.3) is 0 Å². The van der Waals surface area contributed by atoms with Crippen LogP contribution in [0.3, 0.4) is 0 Å². The molecule has 0 spiro atoms. The van der Waals surface area contributed by atoms with E-state index in [0.717, 1.165) is 42.6 Å². The summed E-state index contributed by atoms with van der Waals surface area (Å²) in [6, 6.07) is 5.84. The Morgan fingerprint density at radius 3 is 2.80 bits per heavy atom. The molecule has 0 radical (unpaired) electrons. The van der Waals surface area contributed by atoms with E-state index in [1.165, 1.54) is 0 Å². The third kappa shape index (κ3) is 3.73. The van der Waals surface area contributed by atoms with E-state index in [1.807, 2.05) is 25.2 Å². The van der Waals surface area contributed by atoms with Crippen LogP contribution in [0.1, 0.15) is 31.9 Å². The van der Waals surface area contributed by atoms with Gasteiger partial charge in [0, 0.05) is 26.1 Å². The Labute approximate surface area is 120 Å². The van der Waals surface area contributed by atoms with Gasteiger partial charge in [0.05, 0.1) is 12.8 Å². The predicted molar refractivity (Wildman–Crippen MR) is 81.0 cm³/mol. The molecule has 0 unspecified atom stereocenters. The van der Waals surface area contributed by atoms with Gasteiger partial charge in [0.1, 0.15) is 23.2 Å². The van der Waals surface area contributed by atoms with Crippen LogP contribution in [0.2, 0.25) is 0 Å². The van der Waals surface area contributed by atoms with E-state index < -0.39 is 0 Å². The Morgan fingerprint density at radius 1 is 1.30 bits per heavy atom. The van der Waals surface area contributed by atoms with Gasteiger partial charge in [0.15, 0.2) is 0 Å². The molecule has 5 nitrogen and oxygen atoms in total. The zero-order valence-corrected chi connectivity index (χ0v) is 12.4. The molecule has 1 N–H and O–H groups in total. The molecule has 2 aromatic rings. The number of rotatable bonds is 7. The first-order valence-electron chi connectivity index (χ1n) is 7.08. The van der Waals surface area contributed by atoms with Gasteiger partial charge in [-0.3, -0.25) is 0 Å². The normalized spacial score (nSPS) is 10.6. The molecule has 0 aliphatic heterocycles. The maximum absolute atomic E-state index is 5.38. The summed E-state index contributed by atoms with van der Waals surface area (Å²) in [7, 11) is 2.01. The molecule has 0 atom stereocenters. The second-order valence-corrected chi connectivity index (χ2v) is 4.74. The number of anilines is 2. The van der Waals surface area contributed by atoms with Crippen molar-refractivity contribution in [2.75, 3.05) is 23.8 Å². The Balaban J connectivity index is 2.19. The summed E-state index contributed by atoms with van der Waals surface area (Å²) >= 11 is 0. The van der Waals surface area contributed by atoms with Crippen LogP contribution >= 0.6 is 0 Å². The smallest absolute Gasteiger partial charge is 0.134 e. The lowest BCUT2D eigenvalue weighted by Gasteiger charge is -2.18. The quantitative estimate of drug-likeness (QED) is 0.841. The minimum atomic E-state index is 0.696. The lowest BCUT2D eigenvalue weighted by atomic mass is 10.3. The Kier molecular flexibility index (Phi) is 4.98. The second kappa shape index (κ2) is 6.93. The molecule has 0 bridgehead atoms.